The number of aryl methyl sites for hydroxylation is 1. The number of rotatable bonds is 3. The van der Waals surface area contributed by atoms with Crippen molar-refractivity contribution in [3.05, 3.63) is 16.1 Å². The molecule has 4 heteroatoms. The Kier molecular flexibility index (Phi) is 2.60. The van der Waals surface area contributed by atoms with Gasteiger partial charge in [-0.25, -0.2) is 4.98 Å². The quantitative estimate of drug-likeness (QED) is 0.800. The first-order valence-corrected chi connectivity index (χ1v) is 5.86. The Labute approximate surface area is 88.0 Å². The maximum absolute atomic E-state index is 10.2. The average molecular weight is 212 g/mol. The number of aromatic nitrogens is 1. The molecular weight excluding hydrogens is 196 g/mol. The smallest absolute Gasteiger partial charge is 0.122 e. The van der Waals surface area contributed by atoms with Crippen molar-refractivity contribution in [1.82, 2.24) is 4.98 Å². The standard InChI is InChI=1S/C10H16N2OS/c1-7-5-14-9(12-7)8(13)10(6-11)3-2-4-10/h5,8,13H,2-4,6,11H2,1H3. The molecule has 3 nitrogen and oxygen atoms in total. The van der Waals surface area contributed by atoms with Gasteiger partial charge in [0.05, 0.1) is 0 Å². The Morgan fingerprint density at radius 2 is 2.43 bits per heavy atom. The van der Waals surface area contributed by atoms with Gasteiger partial charge < -0.3 is 10.8 Å². The summed E-state index contributed by atoms with van der Waals surface area (Å²) in [5, 5.41) is 13.0. The SMILES string of the molecule is Cc1csc(C(O)C2(CN)CCC2)n1. The Hall–Kier alpha value is -0.450. The van der Waals surface area contributed by atoms with Gasteiger partial charge in [-0.2, -0.15) is 0 Å². The third-order valence-electron chi connectivity index (χ3n) is 3.21. The molecule has 0 aliphatic heterocycles. The summed E-state index contributed by atoms with van der Waals surface area (Å²) in [6, 6.07) is 0. The third-order valence-corrected chi connectivity index (χ3v) is 4.22. The molecule has 0 bridgehead atoms. The van der Waals surface area contributed by atoms with Gasteiger partial charge in [0.25, 0.3) is 0 Å². The maximum atomic E-state index is 10.2. The van der Waals surface area contributed by atoms with E-state index in [4.69, 9.17) is 5.73 Å². The molecule has 0 aromatic carbocycles. The van der Waals surface area contributed by atoms with E-state index in [1.807, 2.05) is 12.3 Å². The van der Waals surface area contributed by atoms with Crippen molar-refractivity contribution < 1.29 is 5.11 Å². The van der Waals surface area contributed by atoms with Crippen LogP contribution in [-0.2, 0) is 0 Å². The summed E-state index contributed by atoms with van der Waals surface area (Å²) in [6.07, 6.45) is 2.78. The minimum Gasteiger partial charge on any atom is -0.385 e. The Bertz CT molecular complexity index is 314. The lowest BCUT2D eigenvalue weighted by Gasteiger charge is -2.43. The summed E-state index contributed by atoms with van der Waals surface area (Å²) in [6.45, 7) is 2.51. The molecule has 3 N–H and O–H groups in total. The molecule has 1 aromatic rings. The van der Waals surface area contributed by atoms with E-state index in [2.05, 4.69) is 4.98 Å². The molecule has 14 heavy (non-hydrogen) atoms. The fraction of sp³-hybridized carbons (Fsp3) is 0.700. The van der Waals surface area contributed by atoms with Crippen LogP contribution in [0.4, 0.5) is 0 Å². The third kappa shape index (κ3) is 1.47. The van der Waals surface area contributed by atoms with E-state index in [1.54, 1.807) is 0 Å². The minimum absolute atomic E-state index is 0.0791. The van der Waals surface area contributed by atoms with Crippen molar-refractivity contribution in [3.8, 4) is 0 Å². The zero-order valence-corrected chi connectivity index (χ0v) is 9.18. The zero-order valence-electron chi connectivity index (χ0n) is 8.36. The number of thiazole rings is 1. The molecule has 0 amide bonds. The van der Waals surface area contributed by atoms with Gasteiger partial charge >= 0.3 is 0 Å². The van der Waals surface area contributed by atoms with Crippen molar-refractivity contribution in [3.63, 3.8) is 0 Å². The van der Waals surface area contributed by atoms with Gasteiger partial charge in [-0.05, 0) is 19.8 Å². The van der Waals surface area contributed by atoms with Crippen LogP contribution in [-0.4, -0.2) is 16.6 Å². The molecule has 78 valence electrons. The first kappa shape index (κ1) is 10.1. The normalized spacial score (nSPS) is 21.6. The molecule has 1 atom stereocenters. The first-order valence-electron chi connectivity index (χ1n) is 4.98. The summed E-state index contributed by atoms with van der Waals surface area (Å²) in [4.78, 5) is 4.32. The van der Waals surface area contributed by atoms with Gasteiger partial charge in [-0.1, -0.05) is 6.42 Å². The van der Waals surface area contributed by atoms with Gasteiger partial charge in [-0.15, -0.1) is 11.3 Å². The topological polar surface area (TPSA) is 59.1 Å². The van der Waals surface area contributed by atoms with Gasteiger partial charge in [0, 0.05) is 23.0 Å². The van der Waals surface area contributed by atoms with Crippen molar-refractivity contribution in [1.29, 1.82) is 0 Å². The second kappa shape index (κ2) is 3.61. The highest BCUT2D eigenvalue weighted by Crippen LogP contribution is 2.49. The summed E-state index contributed by atoms with van der Waals surface area (Å²) >= 11 is 1.53. The number of nitrogens with two attached hydrogens (primary N) is 1. The van der Waals surface area contributed by atoms with E-state index in [0.29, 0.717) is 6.54 Å². The molecule has 0 radical (unpaired) electrons. The highest BCUT2D eigenvalue weighted by atomic mass is 32.1. The van der Waals surface area contributed by atoms with Gasteiger partial charge in [0.1, 0.15) is 11.1 Å². The van der Waals surface area contributed by atoms with Crippen LogP contribution in [0, 0.1) is 12.3 Å². The number of aliphatic hydroxyl groups is 1. The van der Waals surface area contributed by atoms with E-state index < -0.39 is 6.10 Å². The summed E-state index contributed by atoms with van der Waals surface area (Å²) in [7, 11) is 0. The Morgan fingerprint density at radius 3 is 2.79 bits per heavy atom. The first-order chi connectivity index (χ1) is 6.68. The number of hydrogen-bond donors (Lipinski definition) is 2. The largest absolute Gasteiger partial charge is 0.385 e. The van der Waals surface area contributed by atoms with Crippen LogP contribution < -0.4 is 5.73 Å². The van der Waals surface area contributed by atoms with Gasteiger partial charge in [0.2, 0.25) is 0 Å². The van der Waals surface area contributed by atoms with Crippen LogP contribution in [0.5, 0.6) is 0 Å². The molecule has 1 fully saturated rings. The molecule has 2 rings (SSSR count). The predicted molar refractivity (Wildman–Crippen MR) is 57.1 cm³/mol. The summed E-state index contributed by atoms with van der Waals surface area (Å²) in [5.41, 5.74) is 6.63. The number of nitrogens with zero attached hydrogens (tertiary/aromatic N) is 1. The predicted octanol–water partition coefficient (Wildman–Crippen LogP) is 1.61. The van der Waals surface area contributed by atoms with Crippen LogP contribution in [0.2, 0.25) is 0 Å². The highest BCUT2D eigenvalue weighted by Gasteiger charge is 2.44. The van der Waals surface area contributed by atoms with E-state index in [-0.39, 0.29) is 5.41 Å². The number of aliphatic hydroxyl groups excluding tert-OH is 1. The molecule has 0 spiro atoms. The lowest BCUT2D eigenvalue weighted by Crippen LogP contribution is -2.42. The average Bonchev–Trinajstić information content (AvgIpc) is 2.50. The number of hydrogen-bond acceptors (Lipinski definition) is 4. The zero-order chi connectivity index (χ0) is 10.2. The van der Waals surface area contributed by atoms with Crippen LogP contribution in [0.1, 0.15) is 36.1 Å². The van der Waals surface area contributed by atoms with Crippen LogP contribution >= 0.6 is 11.3 Å². The second-order valence-electron chi connectivity index (χ2n) is 4.15. The summed E-state index contributed by atoms with van der Waals surface area (Å²) in [5.74, 6) is 0. The van der Waals surface area contributed by atoms with E-state index in [1.165, 1.54) is 17.8 Å². The fourth-order valence-electron chi connectivity index (χ4n) is 1.98. The molecule has 1 unspecified atom stereocenters. The van der Waals surface area contributed by atoms with Crippen molar-refractivity contribution in [2.75, 3.05) is 6.54 Å². The fourth-order valence-corrected chi connectivity index (χ4v) is 2.90. The van der Waals surface area contributed by atoms with Crippen LogP contribution in [0.25, 0.3) is 0 Å². The van der Waals surface area contributed by atoms with Crippen molar-refractivity contribution in [2.45, 2.75) is 32.3 Å². The highest BCUT2D eigenvalue weighted by molar-refractivity contribution is 7.09. The monoisotopic (exact) mass is 212 g/mol. The molecule has 0 saturated heterocycles. The Balaban J connectivity index is 2.18. The van der Waals surface area contributed by atoms with Gasteiger partial charge in [-0.3, -0.25) is 0 Å². The van der Waals surface area contributed by atoms with E-state index in [9.17, 15) is 5.11 Å². The maximum Gasteiger partial charge on any atom is 0.122 e. The molecular formula is C10H16N2OS. The van der Waals surface area contributed by atoms with Crippen LogP contribution in [0.3, 0.4) is 0 Å². The van der Waals surface area contributed by atoms with Crippen molar-refractivity contribution >= 4 is 11.3 Å². The molecule has 1 saturated carbocycles. The van der Waals surface area contributed by atoms with E-state index in [0.717, 1.165) is 23.5 Å². The summed E-state index contributed by atoms with van der Waals surface area (Å²) < 4.78 is 0. The molecule has 1 aliphatic carbocycles. The molecule has 1 aliphatic rings. The van der Waals surface area contributed by atoms with Crippen molar-refractivity contribution in [2.24, 2.45) is 11.1 Å². The molecule has 1 aromatic heterocycles. The second-order valence-corrected chi connectivity index (χ2v) is 5.04. The van der Waals surface area contributed by atoms with Gasteiger partial charge in [0.15, 0.2) is 0 Å². The lowest BCUT2D eigenvalue weighted by atomic mass is 9.65. The Morgan fingerprint density at radius 1 is 1.71 bits per heavy atom. The minimum atomic E-state index is -0.458. The van der Waals surface area contributed by atoms with Crippen LogP contribution in [0.15, 0.2) is 5.38 Å². The molecule has 1 heterocycles. The van der Waals surface area contributed by atoms with E-state index >= 15 is 0 Å². The lowest BCUT2D eigenvalue weighted by molar-refractivity contribution is -0.0298.